The molecule has 3 nitrogen and oxygen atoms in total. The van der Waals surface area contributed by atoms with Crippen LogP contribution in [0.25, 0.3) is 0 Å². The fourth-order valence-electron chi connectivity index (χ4n) is 3.93. The van der Waals surface area contributed by atoms with E-state index in [1.807, 2.05) is 0 Å². The summed E-state index contributed by atoms with van der Waals surface area (Å²) < 4.78 is 0. The van der Waals surface area contributed by atoms with Gasteiger partial charge in [0.1, 0.15) is 0 Å². The van der Waals surface area contributed by atoms with Gasteiger partial charge in [0.25, 0.3) is 0 Å². The fraction of sp³-hybridized carbons (Fsp3) is 0.941. The van der Waals surface area contributed by atoms with Gasteiger partial charge in [-0.25, -0.2) is 0 Å². The van der Waals surface area contributed by atoms with Crippen molar-refractivity contribution in [2.45, 2.75) is 84.2 Å². The molecule has 2 unspecified atom stereocenters. The molecular formula is C17H32N2O. The molecule has 116 valence electrons. The minimum atomic E-state index is 0.0693. The van der Waals surface area contributed by atoms with Gasteiger partial charge < -0.3 is 11.1 Å². The predicted molar refractivity (Wildman–Crippen MR) is 83.3 cm³/mol. The Morgan fingerprint density at radius 2 is 1.80 bits per heavy atom. The van der Waals surface area contributed by atoms with E-state index < -0.39 is 0 Å². The van der Waals surface area contributed by atoms with E-state index in [-0.39, 0.29) is 17.9 Å². The maximum Gasteiger partial charge on any atom is 0.224 e. The summed E-state index contributed by atoms with van der Waals surface area (Å²) in [6, 6.07) is 0.476. The van der Waals surface area contributed by atoms with Crippen LogP contribution in [0.15, 0.2) is 0 Å². The number of carbonyl (C=O) groups excluding carboxylic acids is 1. The number of nitrogens with one attached hydrogen (secondary N) is 1. The minimum Gasteiger partial charge on any atom is -0.353 e. The van der Waals surface area contributed by atoms with Gasteiger partial charge in [0.2, 0.25) is 5.91 Å². The monoisotopic (exact) mass is 280 g/mol. The van der Waals surface area contributed by atoms with E-state index in [9.17, 15) is 4.79 Å². The predicted octanol–water partition coefficient (Wildman–Crippen LogP) is 3.23. The summed E-state index contributed by atoms with van der Waals surface area (Å²) in [4.78, 5) is 12.3. The van der Waals surface area contributed by atoms with E-state index >= 15 is 0 Å². The minimum absolute atomic E-state index is 0.0693. The van der Waals surface area contributed by atoms with E-state index in [0.29, 0.717) is 11.5 Å². The van der Waals surface area contributed by atoms with Crippen molar-refractivity contribution in [1.29, 1.82) is 0 Å². The molecule has 2 atom stereocenters. The van der Waals surface area contributed by atoms with Crippen LogP contribution in [0, 0.1) is 17.3 Å². The molecule has 0 heterocycles. The highest BCUT2D eigenvalue weighted by molar-refractivity contribution is 5.80. The summed E-state index contributed by atoms with van der Waals surface area (Å²) >= 11 is 0. The second-order valence-corrected chi connectivity index (χ2v) is 7.60. The highest BCUT2D eigenvalue weighted by Crippen LogP contribution is 2.40. The Morgan fingerprint density at radius 3 is 2.30 bits per heavy atom. The third-order valence-electron chi connectivity index (χ3n) is 6.00. The van der Waals surface area contributed by atoms with Gasteiger partial charge in [0.05, 0.1) is 5.92 Å². The van der Waals surface area contributed by atoms with Crippen LogP contribution in [0.3, 0.4) is 0 Å². The van der Waals surface area contributed by atoms with Crippen molar-refractivity contribution < 1.29 is 4.79 Å². The molecule has 0 radical (unpaired) electrons. The number of nitrogens with two attached hydrogens (primary N) is 1. The maximum absolute atomic E-state index is 12.3. The third kappa shape index (κ3) is 3.55. The third-order valence-corrected chi connectivity index (χ3v) is 6.00. The zero-order valence-electron chi connectivity index (χ0n) is 13.5. The quantitative estimate of drug-likeness (QED) is 0.830. The molecule has 1 amide bonds. The number of amides is 1. The summed E-state index contributed by atoms with van der Waals surface area (Å²) in [6.07, 6.45) is 9.12. The Labute approximate surface area is 124 Å². The molecule has 0 aromatic heterocycles. The van der Waals surface area contributed by atoms with Gasteiger partial charge in [-0.15, -0.1) is 0 Å². The highest BCUT2D eigenvalue weighted by Gasteiger charge is 2.34. The van der Waals surface area contributed by atoms with Crippen LogP contribution in [-0.4, -0.2) is 18.0 Å². The van der Waals surface area contributed by atoms with Crippen molar-refractivity contribution in [3.63, 3.8) is 0 Å². The highest BCUT2D eigenvalue weighted by atomic mass is 16.2. The summed E-state index contributed by atoms with van der Waals surface area (Å²) in [5.41, 5.74) is 6.47. The average Bonchev–Trinajstić information content (AvgIpc) is 2.85. The molecule has 3 N–H and O–H groups in total. The van der Waals surface area contributed by atoms with Gasteiger partial charge in [0.15, 0.2) is 0 Å². The van der Waals surface area contributed by atoms with Crippen molar-refractivity contribution >= 4 is 5.91 Å². The number of rotatable bonds is 4. The zero-order chi connectivity index (χ0) is 14.8. The lowest BCUT2D eigenvalue weighted by atomic mass is 9.69. The molecule has 2 saturated carbocycles. The van der Waals surface area contributed by atoms with Crippen LogP contribution in [0.1, 0.15) is 72.1 Å². The second kappa shape index (κ2) is 6.46. The molecule has 0 bridgehead atoms. The van der Waals surface area contributed by atoms with Crippen molar-refractivity contribution in [2.24, 2.45) is 23.0 Å². The van der Waals surface area contributed by atoms with E-state index in [1.54, 1.807) is 0 Å². The second-order valence-electron chi connectivity index (χ2n) is 7.60. The van der Waals surface area contributed by atoms with Crippen LogP contribution in [0.2, 0.25) is 0 Å². The van der Waals surface area contributed by atoms with Crippen molar-refractivity contribution in [3.05, 3.63) is 0 Å². The van der Waals surface area contributed by atoms with Crippen LogP contribution in [0.4, 0.5) is 0 Å². The first kappa shape index (κ1) is 15.8. The van der Waals surface area contributed by atoms with E-state index in [2.05, 4.69) is 26.1 Å². The summed E-state index contributed by atoms with van der Waals surface area (Å²) in [6.45, 7) is 7.05. The average molecular weight is 280 g/mol. The van der Waals surface area contributed by atoms with Crippen molar-refractivity contribution in [2.75, 3.05) is 0 Å². The van der Waals surface area contributed by atoms with Crippen LogP contribution in [0.5, 0.6) is 0 Å². The number of carbonyl (C=O) groups is 1. The smallest absolute Gasteiger partial charge is 0.224 e. The molecule has 3 heteroatoms. The van der Waals surface area contributed by atoms with Gasteiger partial charge in [-0.3, -0.25) is 4.79 Å². The molecule has 0 aromatic carbocycles. The Balaban J connectivity index is 1.78. The summed E-state index contributed by atoms with van der Waals surface area (Å²) in [7, 11) is 0. The van der Waals surface area contributed by atoms with Gasteiger partial charge in [-0.2, -0.15) is 0 Å². The molecule has 0 aromatic rings. The largest absolute Gasteiger partial charge is 0.353 e. The Kier molecular flexibility index (Phi) is 5.11. The van der Waals surface area contributed by atoms with E-state index in [0.717, 1.165) is 38.0 Å². The van der Waals surface area contributed by atoms with Crippen molar-refractivity contribution in [1.82, 2.24) is 5.32 Å². The van der Waals surface area contributed by atoms with E-state index in [4.69, 9.17) is 5.73 Å². The zero-order valence-corrected chi connectivity index (χ0v) is 13.5. The first-order chi connectivity index (χ1) is 9.44. The maximum atomic E-state index is 12.3. The van der Waals surface area contributed by atoms with Crippen LogP contribution >= 0.6 is 0 Å². The first-order valence-corrected chi connectivity index (χ1v) is 8.50. The first-order valence-electron chi connectivity index (χ1n) is 8.50. The molecule has 2 aliphatic carbocycles. The molecule has 0 spiro atoms. The fourth-order valence-corrected chi connectivity index (χ4v) is 3.93. The van der Waals surface area contributed by atoms with Gasteiger partial charge >= 0.3 is 0 Å². The Hall–Kier alpha value is -0.570. The number of hydrogen-bond donors (Lipinski definition) is 2. The normalized spacial score (nSPS) is 35.0. The lowest BCUT2D eigenvalue weighted by molar-refractivity contribution is -0.126. The van der Waals surface area contributed by atoms with Crippen molar-refractivity contribution in [3.8, 4) is 0 Å². The van der Waals surface area contributed by atoms with E-state index in [1.165, 1.54) is 19.3 Å². The molecule has 2 fully saturated rings. The van der Waals surface area contributed by atoms with Gasteiger partial charge in [-0.05, 0) is 49.9 Å². The summed E-state index contributed by atoms with van der Waals surface area (Å²) in [5.74, 6) is 1.10. The Bertz CT molecular complexity index is 332. The lowest BCUT2D eigenvalue weighted by Gasteiger charge is -2.39. The van der Waals surface area contributed by atoms with Gasteiger partial charge in [0, 0.05) is 12.1 Å². The standard InChI is InChI=1S/C17H32N2O/c1-4-17(2,3)12-8-10-13(11-9-12)19-16(20)14-6-5-7-15(14)18/h12-15H,4-11,18H2,1-3H3,(H,19,20). The van der Waals surface area contributed by atoms with Crippen LogP contribution < -0.4 is 11.1 Å². The molecule has 0 aliphatic heterocycles. The number of hydrogen-bond acceptors (Lipinski definition) is 2. The SMILES string of the molecule is CCC(C)(C)C1CCC(NC(=O)C2CCCC2N)CC1. The molecule has 20 heavy (non-hydrogen) atoms. The lowest BCUT2D eigenvalue weighted by Crippen LogP contribution is -2.45. The van der Waals surface area contributed by atoms with Crippen LogP contribution in [-0.2, 0) is 4.79 Å². The van der Waals surface area contributed by atoms with Gasteiger partial charge in [-0.1, -0.05) is 33.6 Å². The molecule has 0 saturated heterocycles. The Morgan fingerprint density at radius 1 is 1.15 bits per heavy atom. The molecule has 2 aliphatic rings. The summed E-state index contributed by atoms with van der Waals surface area (Å²) in [5, 5.41) is 3.26. The molecule has 2 rings (SSSR count). The topological polar surface area (TPSA) is 55.1 Å². The molecular weight excluding hydrogens is 248 g/mol.